The minimum absolute atomic E-state index is 0.117. The molecule has 0 heterocycles. The molecule has 5 heteroatoms. The fraction of sp³-hybridized carbons (Fsp3) is 0.200. The van der Waals surface area contributed by atoms with Gasteiger partial charge in [0.25, 0.3) is 5.91 Å². The summed E-state index contributed by atoms with van der Waals surface area (Å²) < 4.78 is 5.45. The van der Waals surface area contributed by atoms with E-state index in [1.54, 1.807) is 30.3 Å². The number of benzene rings is 2. The zero-order valence-electron chi connectivity index (χ0n) is 14.3. The Balaban J connectivity index is 1.92. The maximum atomic E-state index is 12.2. The maximum Gasteiger partial charge on any atom is 0.255 e. The summed E-state index contributed by atoms with van der Waals surface area (Å²) in [4.78, 5) is 23.2. The van der Waals surface area contributed by atoms with E-state index in [1.165, 1.54) is 6.92 Å². The minimum atomic E-state index is -0.223. The number of carbonyl (C=O) groups excluding carboxylic acids is 2. The molecule has 0 aliphatic heterocycles. The zero-order chi connectivity index (χ0) is 18.1. The molecular weight excluding hydrogens is 316 g/mol. The van der Waals surface area contributed by atoms with Gasteiger partial charge < -0.3 is 15.4 Å². The summed E-state index contributed by atoms with van der Waals surface area (Å²) in [5.74, 6) is 6.09. The van der Waals surface area contributed by atoms with E-state index < -0.39 is 0 Å². The molecule has 0 atom stereocenters. The summed E-state index contributed by atoms with van der Waals surface area (Å²) in [6.07, 6.45) is 0. The first-order valence-corrected chi connectivity index (χ1v) is 7.96. The monoisotopic (exact) mass is 336 g/mol. The molecule has 128 valence electrons. The van der Waals surface area contributed by atoms with E-state index in [1.807, 2.05) is 25.1 Å². The highest BCUT2D eigenvalue weighted by atomic mass is 16.5. The van der Waals surface area contributed by atoms with Crippen molar-refractivity contribution in [1.82, 2.24) is 5.32 Å². The lowest BCUT2D eigenvalue weighted by Gasteiger charge is -2.08. The van der Waals surface area contributed by atoms with E-state index in [-0.39, 0.29) is 18.4 Å². The first-order valence-electron chi connectivity index (χ1n) is 7.96. The van der Waals surface area contributed by atoms with Crippen LogP contribution in [0.25, 0.3) is 0 Å². The Kier molecular flexibility index (Phi) is 6.61. The number of amides is 2. The fourth-order valence-corrected chi connectivity index (χ4v) is 2.14. The Bertz CT molecular complexity index is 802. The molecule has 2 N–H and O–H groups in total. The van der Waals surface area contributed by atoms with Crippen LogP contribution >= 0.6 is 0 Å². The van der Waals surface area contributed by atoms with E-state index in [0.29, 0.717) is 17.9 Å². The van der Waals surface area contributed by atoms with Crippen molar-refractivity contribution in [2.45, 2.75) is 13.8 Å². The van der Waals surface area contributed by atoms with Crippen molar-refractivity contribution in [3.8, 4) is 17.6 Å². The van der Waals surface area contributed by atoms with Crippen molar-refractivity contribution in [3.63, 3.8) is 0 Å². The molecule has 2 aromatic carbocycles. The predicted octanol–water partition coefficient (Wildman–Crippen LogP) is 2.83. The zero-order valence-corrected chi connectivity index (χ0v) is 14.3. The number of anilines is 1. The fourth-order valence-electron chi connectivity index (χ4n) is 2.14. The first-order chi connectivity index (χ1) is 12.1. The molecule has 0 saturated carbocycles. The van der Waals surface area contributed by atoms with E-state index in [2.05, 4.69) is 22.5 Å². The summed E-state index contributed by atoms with van der Waals surface area (Å²) >= 11 is 0. The lowest BCUT2D eigenvalue weighted by molar-refractivity contribution is -0.114. The summed E-state index contributed by atoms with van der Waals surface area (Å²) in [5, 5.41) is 5.45. The molecule has 2 aromatic rings. The normalized spacial score (nSPS) is 9.52. The third kappa shape index (κ3) is 5.70. The van der Waals surface area contributed by atoms with Gasteiger partial charge >= 0.3 is 0 Å². The van der Waals surface area contributed by atoms with Crippen molar-refractivity contribution in [2.75, 3.05) is 18.5 Å². The molecule has 0 fully saturated rings. The molecule has 25 heavy (non-hydrogen) atoms. The van der Waals surface area contributed by atoms with Gasteiger partial charge in [-0.15, -0.1) is 0 Å². The molecule has 0 bridgehead atoms. The van der Waals surface area contributed by atoms with E-state index in [0.717, 1.165) is 11.3 Å². The molecule has 0 radical (unpaired) electrons. The highest BCUT2D eigenvalue weighted by Crippen LogP contribution is 2.17. The summed E-state index contributed by atoms with van der Waals surface area (Å²) in [6, 6.07) is 14.3. The molecule has 0 aromatic heterocycles. The molecule has 0 aliphatic rings. The Hall–Kier alpha value is -3.26. The molecule has 0 aliphatic carbocycles. The number of ether oxygens (including phenoxy) is 1. The number of nitrogens with one attached hydrogen (secondary N) is 2. The average molecular weight is 336 g/mol. The number of para-hydroxylation sites is 1. The molecule has 0 unspecified atom stereocenters. The smallest absolute Gasteiger partial charge is 0.255 e. The average Bonchev–Trinajstić information content (AvgIpc) is 2.60. The van der Waals surface area contributed by atoms with Gasteiger partial charge in [0.05, 0.1) is 18.7 Å². The Morgan fingerprint density at radius 1 is 1.08 bits per heavy atom. The van der Waals surface area contributed by atoms with Gasteiger partial charge in [0.1, 0.15) is 5.75 Å². The van der Waals surface area contributed by atoms with Crippen LogP contribution in [0.15, 0.2) is 48.5 Å². The number of hydrogen-bond acceptors (Lipinski definition) is 3. The van der Waals surface area contributed by atoms with Crippen LogP contribution in [0.1, 0.15) is 29.8 Å². The van der Waals surface area contributed by atoms with Gasteiger partial charge in [0, 0.05) is 18.2 Å². The van der Waals surface area contributed by atoms with Crippen LogP contribution in [0, 0.1) is 11.8 Å². The van der Waals surface area contributed by atoms with Crippen LogP contribution in [0.2, 0.25) is 0 Å². The summed E-state index contributed by atoms with van der Waals surface area (Å²) in [5.41, 5.74) is 2.02. The van der Waals surface area contributed by atoms with E-state index in [4.69, 9.17) is 4.74 Å². The second-order valence-electron chi connectivity index (χ2n) is 5.17. The lowest BCUT2D eigenvalue weighted by atomic mass is 10.2. The van der Waals surface area contributed by atoms with Crippen molar-refractivity contribution in [1.29, 1.82) is 0 Å². The van der Waals surface area contributed by atoms with Gasteiger partial charge in [-0.1, -0.05) is 24.0 Å². The van der Waals surface area contributed by atoms with Gasteiger partial charge in [0.15, 0.2) is 0 Å². The van der Waals surface area contributed by atoms with Crippen LogP contribution in [-0.4, -0.2) is 25.0 Å². The van der Waals surface area contributed by atoms with Gasteiger partial charge in [-0.05, 0) is 43.3 Å². The van der Waals surface area contributed by atoms with Crippen molar-refractivity contribution < 1.29 is 14.3 Å². The number of hydrogen-bond donors (Lipinski definition) is 2. The van der Waals surface area contributed by atoms with Crippen molar-refractivity contribution in [3.05, 3.63) is 59.7 Å². The Morgan fingerprint density at radius 3 is 2.48 bits per heavy atom. The van der Waals surface area contributed by atoms with Crippen molar-refractivity contribution >= 4 is 17.5 Å². The predicted molar refractivity (Wildman–Crippen MR) is 97.6 cm³/mol. The second kappa shape index (κ2) is 9.14. The summed E-state index contributed by atoms with van der Waals surface area (Å²) in [7, 11) is 0. The maximum absolute atomic E-state index is 12.2. The van der Waals surface area contributed by atoms with Crippen molar-refractivity contribution in [2.24, 2.45) is 0 Å². The quantitative estimate of drug-likeness (QED) is 0.825. The molecular formula is C20H20N2O3. The largest absolute Gasteiger partial charge is 0.493 e. The van der Waals surface area contributed by atoms with Crippen LogP contribution < -0.4 is 15.4 Å². The highest BCUT2D eigenvalue weighted by molar-refractivity contribution is 5.97. The third-order valence-corrected chi connectivity index (χ3v) is 3.21. The number of rotatable bonds is 5. The standard InChI is InChI=1S/C20H20N2O3/c1-3-25-19-9-5-4-8-18(19)20(24)21-14-6-7-16-10-12-17(13-11-16)22-15(2)23/h4-5,8-13H,3,14H2,1-2H3,(H,21,24)(H,22,23). The van der Waals surface area contributed by atoms with E-state index in [9.17, 15) is 9.59 Å². The van der Waals surface area contributed by atoms with Gasteiger partial charge in [-0.25, -0.2) is 0 Å². The van der Waals surface area contributed by atoms with Crippen LogP contribution in [0.5, 0.6) is 5.75 Å². The lowest BCUT2D eigenvalue weighted by Crippen LogP contribution is -2.24. The third-order valence-electron chi connectivity index (χ3n) is 3.21. The molecule has 5 nitrogen and oxygen atoms in total. The second-order valence-corrected chi connectivity index (χ2v) is 5.17. The van der Waals surface area contributed by atoms with Crippen LogP contribution in [0.3, 0.4) is 0 Å². The minimum Gasteiger partial charge on any atom is -0.493 e. The van der Waals surface area contributed by atoms with Gasteiger partial charge in [0.2, 0.25) is 5.91 Å². The van der Waals surface area contributed by atoms with Crippen LogP contribution in [0.4, 0.5) is 5.69 Å². The van der Waals surface area contributed by atoms with Crippen LogP contribution in [-0.2, 0) is 4.79 Å². The summed E-state index contributed by atoms with van der Waals surface area (Å²) in [6.45, 7) is 4.06. The van der Waals surface area contributed by atoms with Gasteiger partial charge in [-0.3, -0.25) is 9.59 Å². The highest BCUT2D eigenvalue weighted by Gasteiger charge is 2.10. The van der Waals surface area contributed by atoms with Gasteiger partial charge in [-0.2, -0.15) is 0 Å². The topological polar surface area (TPSA) is 67.4 Å². The molecule has 0 saturated heterocycles. The molecule has 0 spiro atoms. The Morgan fingerprint density at radius 2 is 1.80 bits per heavy atom. The first kappa shape index (κ1) is 18.1. The Labute approximate surface area is 147 Å². The SMILES string of the molecule is CCOc1ccccc1C(=O)NCC#Cc1ccc(NC(C)=O)cc1. The van der Waals surface area contributed by atoms with E-state index >= 15 is 0 Å². The number of carbonyl (C=O) groups is 2. The molecule has 2 rings (SSSR count). The molecule has 2 amide bonds.